The number of carbonyl (C=O) groups is 1. The van der Waals surface area contributed by atoms with E-state index in [1.807, 2.05) is 5.43 Å². The number of thiophene rings is 1. The summed E-state index contributed by atoms with van der Waals surface area (Å²) < 4.78 is 50.8. The Kier molecular flexibility index (Phi) is 4.07. The lowest BCUT2D eigenvalue weighted by Gasteiger charge is -1.99. The van der Waals surface area contributed by atoms with Crippen LogP contribution in [0.3, 0.4) is 0 Å². The molecule has 0 saturated carbocycles. The van der Waals surface area contributed by atoms with Gasteiger partial charge in [-0.1, -0.05) is 0 Å². The number of hydrazone groups is 1. The number of amides is 1. The van der Waals surface area contributed by atoms with Gasteiger partial charge in [0.2, 0.25) is 0 Å². The maximum Gasteiger partial charge on any atom is 0.435 e. The number of aryl methyl sites for hydroxylation is 1. The summed E-state index contributed by atoms with van der Waals surface area (Å²) in [5.41, 5.74) is 0.587. The lowest BCUT2D eigenvalue weighted by Crippen LogP contribution is -2.20. The maximum absolute atomic E-state index is 12.7. The second kappa shape index (κ2) is 5.64. The van der Waals surface area contributed by atoms with Crippen molar-refractivity contribution in [1.82, 2.24) is 15.2 Å². The molecule has 1 amide bonds. The molecule has 0 spiro atoms. The van der Waals surface area contributed by atoms with E-state index in [1.54, 1.807) is 0 Å². The number of halogens is 4. The average molecular weight is 320 g/mol. The molecule has 0 atom stereocenters. The lowest BCUT2D eigenvalue weighted by atomic mass is 10.3. The summed E-state index contributed by atoms with van der Waals surface area (Å²) in [6.45, 7) is 0. The van der Waals surface area contributed by atoms with Crippen LogP contribution in [0, 0.1) is 5.13 Å². The average Bonchev–Trinajstić information content (AvgIpc) is 2.95. The number of carbonyl (C=O) groups excluding carboxylic acids is 1. The molecule has 0 bridgehead atoms. The van der Waals surface area contributed by atoms with Crippen molar-refractivity contribution in [1.29, 1.82) is 0 Å². The van der Waals surface area contributed by atoms with Gasteiger partial charge in [-0.15, -0.1) is 11.3 Å². The van der Waals surface area contributed by atoms with E-state index in [0.717, 1.165) is 16.0 Å². The van der Waals surface area contributed by atoms with E-state index >= 15 is 0 Å². The monoisotopic (exact) mass is 320 g/mol. The number of rotatable bonds is 3. The smallest absolute Gasteiger partial charge is 0.266 e. The van der Waals surface area contributed by atoms with Gasteiger partial charge in [-0.3, -0.25) is 9.48 Å². The molecular weight excluding hydrogens is 312 g/mol. The number of alkyl halides is 3. The Morgan fingerprint density at radius 2 is 2.19 bits per heavy atom. The van der Waals surface area contributed by atoms with Crippen LogP contribution in [-0.4, -0.2) is 21.9 Å². The lowest BCUT2D eigenvalue weighted by molar-refractivity contribution is -0.141. The highest BCUT2D eigenvalue weighted by atomic mass is 32.1. The highest BCUT2D eigenvalue weighted by molar-refractivity contribution is 7.12. The minimum atomic E-state index is -4.63. The second-order valence-electron chi connectivity index (χ2n) is 3.88. The fraction of sp³-hybridized carbons (Fsp3) is 0.182. The van der Waals surface area contributed by atoms with Gasteiger partial charge in [-0.2, -0.15) is 27.8 Å². The first-order chi connectivity index (χ1) is 9.77. The molecular formula is C11H8F4N4OS. The predicted octanol–water partition coefficient (Wildman–Crippen LogP) is 2.40. The SMILES string of the molecule is Cn1nc(C(F)(F)F)cc1C(=O)N/N=C/c1ccc(F)s1. The van der Waals surface area contributed by atoms with Crippen molar-refractivity contribution in [2.24, 2.45) is 12.1 Å². The van der Waals surface area contributed by atoms with Crippen LogP contribution in [0.2, 0.25) is 0 Å². The molecule has 0 aliphatic rings. The molecule has 21 heavy (non-hydrogen) atoms. The van der Waals surface area contributed by atoms with Gasteiger partial charge in [0.25, 0.3) is 5.91 Å². The zero-order valence-corrected chi connectivity index (χ0v) is 11.3. The van der Waals surface area contributed by atoms with Crippen LogP contribution >= 0.6 is 11.3 Å². The second-order valence-corrected chi connectivity index (χ2v) is 4.94. The molecule has 0 unspecified atom stereocenters. The molecule has 0 radical (unpaired) electrons. The Morgan fingerprint density at radius 3 is 2.71 bits per heavy atom. The highest BCUT2D eigenvalue weighted by Crippen LogP contribution is 2.28. The number of aromatic nitrogens is 2. The van der Waals surface area contributed by atoms with E-state index < -0.39 is 22.9 Å². The summed E-state index contributed by atoms with van der Waals surface area (Å²) in [7, 11) is 1.21. The Bertz CT molecular complexity index is 689. The summed E-state index contributed by atoms with van der Waals surface area (Å²) in [6, 6.07) is 3.29. The van der Waals surface area contributed by atoms with Crippen LogP contribution in [0.15, 0.2) is 23.3 Å². The van der Waals surface area contributed by atoms with Gasteiger partial charge in [0.05, 0.1) is 11.1 Å². The van der Waals surface area contributed by atoms with Crippen LogP contribution in [-0.2, 0) is 13.2 Å². The van der Waals surface area contributed by atoms with Crippen molar-refractivity contribution in [2.45, 2.75) is 6.18 Å². The van der Waals surface area contributed by atoms with Gasteiger partial charge in [0.1, 0.15) is 5.69 Å². The molecule has 1 N–H and O–H groups in total. The van der Waals surface area contributed by atoms with Crippen LogP contribution in [0.1, 0.15) is 21.1 Å². The summed E-state index contributed by atoms with van der Waals surface area (Å²) in [4.78, 5) is 12.1. The zero-order valence-electron chi connectivity index (χ0n) is 10.5. The van der Waals surface area contributed by atoms with E-state index in [2.05, 4.69) is 10.2 Å². The van der Waals surface area contributed by atoms with Crippen LogP contribution in [0.25, 0.3) is 0 Å². The molecule has 0 aliphatic heterocycles. The van der Waals surface area contributed by atoms with Gasteiger partial charge in [0, 0.05) is 13.1 Å². The Hall–Kier alpha value is -2.23. The number of hydrogen-bond donors (Lipinski definition) is 1. The molecule has 0 saturated heterocycles. The van der Waals surface area contributed by atoms with Gasteiger partial charge in [-0.25, -0.2) is 5.43 Å². The predicted molar refractivity (Wildman–Crippen MR) is 67.5 cm³/mol. The largest absolute Gasteiger partial charge is 0.435 e. The van der Waals surface area contributed by atoms with Crippen molar-refractivity contribution in [3.05, 3.63) is 39.6 Å². The Balaban J connectivity index is 2.07. The molecule has 0 fully saturated rings. The van der Waals surface area contributed by atoms with Crippen molar-refractivity contribution in [2.75, 3.05) is 0 Å². The van der Waals surface area contributed by atoms with Crippen LogP contribution in [0.5, 0.6) is 0 Å². The number of nitrogens with one attached hydrogen (secondary N) is 1. The fourth-order valence-corrected chi connectivity index (χ4v) is 2.03. The molecule has 0 aromatic carbocycles. The van der Waals surface area contributed by atoms with Crippen molar-refractivity contribution < 1.29 is 22.4 Å². The fourth-order valence-electron chi connectivity index (χ4n) is 1.43. The molecule has 2 rings (SSSR count). The molecule has 2 heterocycles. The van der Waals surface area contributed by atoms with E-state index in [9.17, 15) is 22.4 Å². The summed E-state index contributed by atoms with van der Waals surface area (Å²) in [5, 5.41) is 6.33. The normalized spacial score (nSPS) is 12.0. The van der Waals surface area contributed by atoms with Gasteiger partial charge in [-0.05, 0) is 12.1 Å². The minimum Gasteiger partial charge on any atom is -0.266 e. The maximum atomic E-state index is 12.7. The van der Waals surface area contributed by atoms with E-state index in [-0.39, 0.29) is 5.69 Å². The first-order valence-electron chi connectivity index (χ1n) is 5.47. The minimum absolute atomic E-state index is 0.295. The molecule has 2 aromatic heterocycles. The third-order valence-electron chi connectivity index (χ3n) is 2.35. The van der Waals surface area contributed by atoms with E-state index in [4.69, 9.17) is 0 Å². The van der Waals surface area contributed by atoms with Crippen molar-refractivity contribution >= 4 is 23.5 Å². The first kappa shape index (κ1) is 15.2. The molecule has 10 heteroatoms. The number of hydrogen-bond acceptors (Lipinski definition) is 4. The molecule has 5 nitrogen and oxygen atoms in total. The third-order valence-corrected chi connectivity index (χ3v) is 3.16. The van der Waals surface area contributed by atoms with Gasteiger partial charge in [0.15, 0.2) is 10.8 Å². The molecule has 0 aliphatic carbocycles. The topological polar surface area (TPSA) is 59.3 Å². The van der Waals surface area contributed by atoms with Crippen molar-refractivity contribution in [3.63, 3.8) is 0 Å². The van der Waals surface area contributed by atoms with Crippen molar-refractivity contribution in [3.8, 4) is 0 Å². The zero-order chi connectivity index (χ0) is 15.6. The van der Waals surface area contributed by atoms with Crippen LogP contribution in [0.4, 0.5) is 17.6 Å². The highest BCUT2D eigenvalue weighted by Gasteiger charge is 2.35. The number of nitrogens with zero attached hydrogens (tertiary/aromatic N) is 3. The standard InChI is InChI=1S/C11H8F4N4OS/c1-19-7(4-8(18-19)11(13,14)15)10(20)17-16-5-6-2-3-9(12)21-6/h2-5H,1H3,(H,17,20)/b16-5+. The van der Waals surface area contributed by atoms with Crippen LogP contribution < -0.4 is 5.43 Å². The Labute approximate surface area is 119 Å². The molecule has 2 aromatic rings. The summed E-state index contributed by atoms with van der Waals surface area (Å²) >= 11 is 0.812. The van der Waals surface area contributed by atoms with Gasteiger partial charge < -0.3 is 0 Å². The van der Waals surface area contributed by atoms with Gasteiger partial charge >= 0.3 is 6.18 Å². The third kappa shape index (κ3) is 3.66. The summed E-state index contributed by atoms with van der Waals surface area (Å²) in [5.74, 6) is -0.853. The van der Waals surface area contributed by atoms with E-state index in [0.29, 0.717) is 10.9 Å². The molecule has 112 valence electrons. The first-order valence-corrected chi connectivity index (χ1v) is 6.29. The van der Waals surface area contributed by atoms with E-state index in [1.165, 1.54) is 25.4 Å². The summed E-state index contributed by atoms with van der Waals surface area (Å²) in [6.07, 6.45) is -3.44. The Morgan fingerprint density at radius 1 is 1.48 bits per heavy atom. The quantitative estimate of drug-likeness (QED) is 0.536.